The van der Waals surface area contributed by atoms with Crippen molar-refractivity contribution < 1.29 is 23.8 Å². The number of carbonyl (C=O) groups excluding carboxylic acids is 2. The average molecular weight is 716 g/mol. The van der Waals surface area contributed by atoms with Gasteiger partial charge >= 0.3 is 12.1 Å². The molecule has 0 atom stereocenters. The summed E-state index contributed by atoms with van der Waals surface area (Å²) in [6, 6.07) is 1.14. The van der Waals surface area contributed by atoms with Gasteiger partial charge in [0.05, 0.1) is 19.7 Å². The Kier molecular flexibility index (Phi) is 14.9. The van der Waals surface area contributed by atoms with Gasteiger partial charge in [-0.05, 0) is 97.3 Å². The van der Waals surface area contributed by atoms with Crippen molar-refractivity contribution in [2.24, 2.45) is 5.41 Å². The highest BCUT2D eigenvalue weighted by Crippen LogP contribution is 2.40. The van der Waals surface area contributed by atoms with Gasteiger partial charge in [-0.1, -0.05) is 19.6 Å². The van der Waals surface area contributed by atoms with Crippen molar-refractivity contribution in [3.05, 3.63) is 36.4 Å². The lowest BCUT2D eigenvalue weighted by molar-refractivity contribution is -0.143. The molecule has 0 unspecified atom stereocenters. The molecule has 2 aromatic rings. The minimum Gasteiger partial charge on any atom is -0.466 e. The summed E-state index contributed by atoms with van der Waals surface area (Å²) in [7, 11) is -1.15. The zero-order valence-corrected chi connectivity index (χ0v) is 33.1. The van der Waals surface area contributed by atoms with Gasteiger partial charge in [0.2, 0.25) is 0 Å². The molecule has 1 spiro atoms. The number of rotatable bonds is 19. The molecule has 0 aliphatic carbocycles. The summed E-state index contributed by atoms with van der Waals surface area (Å²) < 4.78 is 21.2. The highest BCUT2D eigenvalue weighted by atomic mass is 28.3. The Hall–Kier alpha value is -2.74. The number of ether oxygens (including phenoxy) is 3. The minimum absolute atomic E-state index is 0.129. The van der Waals surface area contributed by atoms with Gasteiger partial charge in [-0.2, -0.15) is 0 Å². The first-order chi connectivity index (χ1) is 23.7. The van der Waals surface area contributed by atoms with E-state index in [9.17, 15) is 9.59 Å². The first-order valence-electron chi connectivity index (χ1n) is 18.9. The topological polar surface area (TPSA) is 107 Å². The van der Waals surface area contributed by atoms with Gasteiger partial charge in [-0.15, -0.1) is 0 Å². The predicted molar refractivity (Wildman–Crippen MR) is 198 cm³/mol. The fourth-order valence-electron chi connectivity index (χ4n) is 6.88. The van der Waals surface area contributed by atoms with Crippen LogP contribution in [0.3, 0.4) is 0 Å². The van der Waals surface area contributed by atoms with Gasteiger partial charge in [-0.3, -0.25) is 9.69 Å². The Labute approximate surface area is 301 Å². The standard InChI is InChI=1S/C37H65N7O5Si/c1-8-48-34(45)12-9-10-18-41(29-33-39-17-25-44(33)31-47-26-27-50(5,6)7)28-32-38-16-24-42(32)20-11-19-40-21-13-37(30-40)14-22-43(23-15-37)35(46)49-36(2,3)4/h16-17,24-25H,8-15,18-23,26-31H2,1-7H3. The van der Waals surface area contributed by atoms with Crippen molar-refractivity contribution >= 4 is 20.1 Å². The first kappa shape index (κ1) is 40.0. The van der Waals surface area contributed by atoms with Gasteiger partial charge in [-0.25, -0.2) is 14.8 Å². The molecule has 12 nitrogen and oxygen atoms in total. The van der Waals surface area contributed by atoms with Crippen LogP contribution in [0.25, 0.3) is 0 Å². The predicted octanol–water partition coefficient (Wildman–Crippen LogP) is 6.24. The maximum atomic E-state index is 12.6. The van der Waals surface area contributed by atoms with Gasteiger partial charge < -0.3 is 33.1 Å². The van der Waals surface area contributed by atoms with E-state index in [1.54, 1.807) is 0 Å². The first-order valence-corrected chi connectivity index (χ1v) is 22.6. The molecule has 0 saturated carbocycles. The van der Waals surface area contributed by atoms with E-state index in [0.29, 0.717) is 38.3 Å². The van der Waals surface area contributed by atoms with E-state index in [-0.39, 0.29) is 12.1 Å². The smallest absolute Gasteiger partial charge is 0.410 e. The molecule has 2 aliphatic rings. The number of amides is 1. The van der Waals surface area contributed by atoms with E-state index in [1.807, 2.05) is 51.2 Å². The molecule has 0 aromatic carbocycles. The number of carbonyl (C=O) groups is 2. The molecule has 2 saturated heterocycles. The summed E-state index contributed by atoms with van der Waals surface area (Å²) >= 11 is 0. The number of aryl methyl sites for hydroxylation is 1. The van der Waals surface area contributed by atoms with Crippen LogP contribution in [-0.4, -0.2) is 112 Å². The van der Waals surface area contributed by atoms with E-state index < -0.39 is 13.7 Å². The third kappa shape index (κ3) is 13.4. The second-order valence-corrected chi connectivity index (χ2v) is 22.1. The van der Waals surface area contributed by atoms with Gasteiger partial charge in [0.15, 0.2) is 0 Å². The third-order valence-corrected chi connectivity index (χ3v) is 11.5. The molecular formula is C37H65N7O5Si. The molecule has 2 aliphatic heterocycles. The minimum atomic E-state index is -1.15. The number of hydrogen-bond acceptors (Lipinski definition) is 9. The van der Waals surface area contributed by atoms with Gasteiger partial charge in [0.1, 0.15) is 24.0 Å². The van der Waals surface area contributed by atoms with E-state index in [0.717, 1.165) is 102 Å². The van der Waals surface area contributed by atoms with E-state index >= 15 is 0 Å². The van der Waals surface area contributed by atoms with Crippen LogP contribution < -0.4 is 0 Å². The Morgan fingerprint density at radius 3 is 2.24 bits per heavy atom. The van der Waals surface area contributed by atoms with E-state index in [2.05, 4.69) is 49.8 Å². The second kappa shape index (κ2) is 18.7. The van der Waals surface area contributed by atoms with Crippen LogP contribution in [0.2, 0.25) is 25.7 Å². The lowest BCUT2D eigenvalue weighted by Gasteiger charge is -2.39. The SMILES string of the molecule is CCOC(=O)CCCCN(Cc1nccn1CCCN1CCC2(CCN(C(=O)OC(C)(C)C)CC2)C1)Cc1nccn1COCC[Si](C)(C)C. The van der Waals surface area contributed by atoms with Crippen molar-refractivity contribution in [1.82, 2.24) is 33.8 Å². The lowest BCUT2D eigenvalue weighted by Crippen LogP contribution is -2.46. The van der Waals surface area contributed by atoms with E-state index in [4.69, 9.17) is 19.2 Å². The average Bonchev–Trinajstić information content (AvgIpc) is 3.78. The van der Waals surface area contributed by atoms with Crippen LogP contribution >= 0.6 is 0 Å². The van der Waals surface area contributed by atoms with Crippen LogP contribution in [0.5, 0.6) is 0 Å². The largest absolute Gasteiger partial charge is 0.466 e. The van der Waals surface area contributed by atoms with Crippen molar-refractivity contribution in [1.29, 1.82) is 0 Å². The quantitative estimate of drug-likeness (QED) is 0.0950. The number of nitrogens with zero attached hydrogens (tertiary/aromatic N) is 7. The summed E-state index contributed by atoms with van der Waals surface area (Å²) in [6.07, 6.45) is 14.1. The van der Waals surface area contributed by atoms with Crippen LogP contribution in [0, 0.1) is 5.41 Å². The number of hydrogen-bond donors (Lipinski definition) is 0. The monoisotopic (exact) mass is 715 g/mol. The molecule has 50 heavy (non-hydrogen) atoms. The van der Waals surface area contributed by atoms with Crippen LogP contribution in [0.1, 0.15) is 84.3 Å². The molecule has 1 amide bonds. The van der Waals surface area contributed by atoms with Crippen molar-refractivity contribution in [2.45, 2.75) is 130 Å². The maximum Gasteiger partial charge on any atom is 0.410 e. The summed E-state index contributed by atoms with van der Waals surface area (Å²) in [5.74, 6) is 1.89. The molecule has 2 fully saturated rings. The van der Waals surface area contributed by atoms with Crippen molar-refractivity contribution in [2.75, 3.05) is 52.5 Å². The zero-order chi connectivity index (χ0) is 36.2. The molecule has 13 heteroatoms. The van der Waals surface area contributed by atoms with Crippen LogP contribution in [0.4, 0.5) is 4.79 Å². The van der Waals surface area contributed by atoms with Gasteiger partial charge in [0.25, 0.3) is 0 Å². The normalized spacial score (nSPS) is 16.8. The van der Waals surface area contributed by atoms with Crippen molar-refractivity contribution in [3.63, 3.8) is 0 Å². The number of aromatic nitrogens is 4. The van der Waals surface area contributed by atoms with Crippen molar-refractivity contribution in [3.8, 4) is 0 Å². The number of imidazole rings is 2. The number of likely N-dealkylation sites (tertiary alicyclic amines) is 2. The highest BCUT2D eigenvalue weighted by Gasteiger charge is 2.41. The molecule has 4 heterocycles. The fraction of sp³-hybridized carbons (Fsp3) is 0.784. The molecule has 0 bridgehead atoms. The fourth-order valence-corrected chi connectivity index (χ4v) is 7.64. The molecule has 0 radical (unpaired) electrons. The maximum absolute atomic E-state index is 12.6. The van der Waals surface area contributed by atoms with Crippen LogP contribution in [-0.2, 0) is 45.4 Å². The Morgan fingerprint density at radius 2 is 1.58 bits per heavy atom. The third-order valence-electron chi connectivity index (χ3n) is 9.84. The Balaban J connectivity index is 1.27. The Bertz CT molecular complexity index is 1330. The number of piperidine rings is 1. The second-order valence-electron chi connectivity index (χ2n) is 16.5. The zero-order valence-electron chi connectivity index (χ0n) is 32.1. The molecular weight excluding hydrogens is 651 g/mol. The molecule has 4 rings (SSSR count). The number of esters is 1. The number of unbranched alkanes of at least 4 members (excludes halogenated alkanes) is 1. The summed E-state index contributed by atoms with van der Waals surface area (Å²) in [5.41, 5.74) is -0.141. The summed E-state index contributed by atoms with van der Waals surface area (Å²) in [4.78, 5) is 40.9. The summed E-state index contributed by atoms with van der Waals surface area (Å²) in [6.45, 7) is 24.4. The van der Waals surface area contributed by atoms with Gasteiger partial charge in [0, 0.05) is 72.1 Å². The summed E-state index contributed by atoms with van der Waals surface area (Å²) in [5, 5.41) is 0. The Morgan fingerprint density at radius 1 is 0.920 bits per heavy atom. The molecule has 0 N–H and O–H groups in total. The van der Waals surface area contributed by atoms with Crippen LogP contribution in [0.15, 0.2) is 24.8 Å². The van der Waals surface area contributed by atoms with E-state index in [1.165, 1.54) is 6.42 Å². The highest BCUT2D eigenvalue weighted by molar-refractivity contribution is 6.76. The molecule has 2 aromatic heterocycles. The lowest BCUT2D eigenvalue weighted by atomic mass is 9.78. The molecule has 282 valence electrons.